The van der Waals surface area contributed by atoms with Crippen molar-refractivity contribution in [1.29, 1.82) is 5.26 Å². The van der Waals surface area contributed by atoms with E-state index in [1.165, 1.54) is 27.8 Å². The molecule has 0 aromatic heterocycles. The van der Waals surface area contributed by atoms with Gasteiger partial charge in [-0.2, -0.15) is 5.26 Å². The summed E-state index contributed by atoms with van der Waals surface area (Å²) in [6, 6.07) is 78.5. The average Bonchev–Trinajstić information content (AvgIpc) is 0.867. The maximum atomic E-state index is 9.00. The Morgan fingerprint density at radius 1 is 0.302 bits per heavy atom. The summed E-state index contributed by atoms with van der Waals surface area (Å²) in [4.78, 5) is 11.6. The fourth-order valence-corrected chi connectivity index (χ4v) is 13.2. The summed E-state index contributed by atoms with van der Waals surface area (Å²) in [6.45, 7) is 27.6. The zero-order valence-corrected chi connectivity index (χ0v) is 76.2. The first-order valence-corrected chi connectivity index (χ1v) is 42.9. The molecular weight excluding hydrogens is 1660 g/mol. The number of halogens is 8. The molecule has 0 aliphatic carbocycles. The van der Waals surface area contributed by atoms with Crippen LogP contribution >= 0.6 is 97.1 Å². The number of ether oxygens (including phenoxy) is 5. The SMILES string of the molecule is C.CCN(C)[C@H](C)Cc1ccc(OCc2ccc(Br)c(Cl)c2)cc1.CCN(C)[C@H](C)Cc1ccc(OCc2ccc(Cl)c(Cl)c2)cc1.CCN(C)[C@H](C)Cc1ccc(OCc2ccc(Cl)cc2)cc1.CCN(C)[C@H](C)Cc1ccc(OCc2cccc(Cl)c2)cc1.CCN(C)[C@H](CC#N)Cc1ccc(OCc2ccc(Cl)c(Cl)c2)cc1. The summed E-state index contributed by atoms with van der Waals surface area (Å²) < 4.78 is 29.9. The van der Waals surface area contributed by atoms with E-state index in [1.807, 2.05) is 152 Å². The van der Waals surface area contributed by atoms with Gasteiger partial charge < -0.3 is 48.2 Å². The van der Waals surface area contributed by atoms with Crippen LogP contribution in [0.4, 0.5) is 0 Å². The summed E-state index contributed by atoms with van der Waals surface area (Å²) >= 11 is 45.2. The molecule has 0 saturated heterocycles. The highest BCUT2D eigenvalue weighted by atomic mass is 79.9. The van der Waals surface area contributed by atoms with Crippen LogP contribution in [0.2, 0.25) is 35.2 Å². The van der Waals surface area contributed by atoms with Gasteiger partial charge in [0.25, 0.3) is 0 Å². The third kappa shape index (κ3) is 37.1. The molecule has 0 aliphatic rings. The van der Waals surface area contributed by atoms with E-state index in [-0.39, 0.29) is 13.5 Å². The predicted octanol–water partition coefficient (Wildman–Crippen LogP) is 26.6. The summed E-state index contributed by atoms with van der Waals surface area (Å²) in [5.74, 6) is 4.33. The maximum absolute atomic E-state index is 9.00. The molecule has 0 saturated carbocycles. The second kappa shape index (κ2) is 54.2. The standard InChI is InChI=1S/C20H22Cl2N2O.C19H23BrClNO.C19H23Cl2NO.2C19H24ClNO.CH4/c1-3-24(2)17(10-11-23)12-15-4-7-18(8-5-15)25-14-16-6-9-19(21)20(22)13-16;2*1-4-22(3)14(2)11-15-5-8-17(9-6-15)23-13-16-7-10-18(20)19(21)12-16;1-4-21(3)15(2)13-16-7-11-19(12-8-16)22-14-17-5-9-18(20)10-6-17;1-4-21(3)15(2)12-16-8-10-19(11-9-16)22-14-17-6-5-7-18(20)13-17;/h4-9,13,17H,3,10,12,14H2,1-2H3;2*5-10,12,14H,4,11,13H2,1-3H3;5-12,15H,4,13-14H2,1-3H3;5-11,13,15H,4,12,14H2,1-3H3;1H4/t17-;2*14-;2*15-;/m11111./s1. The molecular formula is C97H120BrCl7N6O5. The van der Waals surface area contributed by atoms with Crippen molar-refractivity contribution >= 4 is 97.1 Å². The van der Waals surface area contributed by atoms with E-state index in [4.69, 9.17) is 110 Å². The lowest BCUT2D eigenvalue weighted by Crippen LogP contribution is -2.33. The van der Waals surface area contributed by atoms with E-state index >= 15 is 0 Å². The fourth-order valence-electron chi connectivity index (χ4n) is 11.8. The van der Waals surface area contributed by atoms with Gasteiger partial charge in [0.1, 0.15) is 61.8 Å². The Hall–Kier alpha value is -7.00. The lowest BCUT2D eigenvalue weighted by molar-refractivity contribution is 0.255. The maximum Gasteiger partial charge on any atom is 0.119 e. The lowest BCUT2D eigenvalue weighted by Gasteiger charge is -2.24. The highest BCUT2D eigenvalue weighted by Gasteiger charge is 2.16. The molecule has 116 heavy (non-hydrogen) atoms. The van der Waals surface area contributed by atoms with E-state index in [2.05, 4.69) is 205 Å². The third-order valence-electron chi connectivity index (χ3n) is 20.4. The Labute approximate surface area is 738 Å². The molecule has 0 spiro atoms. The van der Waals surface area contributed by atoms with Crippen molar-refractivity contribution in [3.63, 3.8) is 0 Å². The predicted molar refractivity (Wildman–Crippen MR) is 497 cm³/mol. The van der Waals surface area contributed by atoms with Gasteiger partial charge in [-0.05, 0) is 321 Å². The summed E-state index contributed by atoms with van der Waals surface area (Å²) in [7, 11) is 10.7. The van der Waals surface area contributed by atoms with Crippen LogP contribution in [0.1, 0.15) is 132 Å². The Bertz CT molecular complexity index is 4340. The van der Waals surface area contributed by atoms with Gasteiger partial charge in [0.05, 0.1) is 37.6 Å². The molecule has 0 N–H and O–H groups in total. The van der Waals surface area contributed by atoms with Crippen LogP contribution in [0, 0.1) is 11.3 Å². The number of nitrogens with zero attached hydrogens (tertiary/aromatic N) is 6. The average molecular weight is 1780 g/mol. The van der Waals surface area contributed by atoms with Crippen LogP contribution in [-0.2, 0) is 65.1 Å². The van der Waals surface area contributed by atoms with Gasteiger partial charge in [-0.25, -0.2) is 0 Å². The van der Waals surface area contributed by atoms with Crippen LogP contribution < -0.4 is 23.7 Å². The van der Waals surface area contributed by atoms with Crippen LogP contribution in [0.3, 0.4) is 0 Å². The van der Waals surface area contributed by atoms with Crippen LogP contribution in [-0.4, -0.2) is 123 Å². The van der Waals surface area contributed by atoms with Gasteiger partial charge in [-0.15, -0.1) is 0 Å². The molecule has 624 valence electrons. The Kier molecular flexibility index (Phi) is 46.5. The van der Waals surface area contributed by atoms with Crippen molar-refractivity contribution in [3.05, 3.63) is 320 Å². The van der Waals surface area contributed by atoms with Gasteiger partial charge in [0.15, 0.2) is 0 Å². The van der Waals surface area contributed by atoms with E-state index < -0.39 is 0 Å². The third-order valence-corrected chi connectivity index (χ3v) is 23.6. The molecule has 10 aromatic carbocycles. The molecule has 0 heterocycles. The Morgan fingerprint density at radius 2 is 0.569 bits per heavy atom. The largest absolute Gasteiger partial charge is 0.489 e. The molecule has 0 radical (unpaired) electrons. The second-order valence-electron chi connectivity index (χ2n) is 29.0. The highest BCUT2D eigenvalue weighted by Crippen LogP contribution is 2.29. The Balaban J connectivity index is 0.000000258. The van der Waals surface area contributed by atoms with Crippen molar-refractivity contribution in [2.45, 2.75) is 172 Å². The van der Waals surface area contributed by atoms with Crippen molar-refractivity contribution in [3.8, 4) is 34.8 Å². The van der Waals surface area contributed by atoms with Crippen molar-refractivity contribution in [2.24, 2.45) is 0 Å². The number of likely N-dealkylation sites (N-methyl/N-ethyl adjacent to an activating group) is 5. The minimum atomic E-state index is 0. The smallest absolute Gasteiger partial charge is 0.119 e. The van der Waals surface area contributed by atoms with Gasteiger partial charge in [-0.3, -0.25) is 0 Å². The van der Waals surface area contributed by atoms with E-state index in [0.717, 1.165) is 136 Å². The van der Waals surface area contributed by atoms with E-state index in [0.29, 0.717) is 88.7 Å². The fraction of sp³-hybridized carbons (Fsp3) is 0.371. The minimum Gasteiger partial charge on any atom is -0.489 e. The second-order valence-corrected chi connectivity index (χ2v) is 32.7. The molecule has 0 unspecified atom stereocenters. The van der Waals surface area contributed by atoms with Gasteiger partial charge in [0, 0.05) is 44.7 Å². The first-order chi connectivity index (χ1) is 55.2. The Morgan fingerprint density at radius 3 is 0.853 bits per heavy atom. The normalized spacial score (nSPS) is 12.2. The first-order valence-electron chi connectivity index (χ1n) is 39.5. The quantitative estimate of drug-likeness (QED) is 0.0376. The first kappa shape index (κ1) is 99.6. The molecule has 0 amide bonds. The lowest BCUT2D eigenvalue weighted by atomic mass is 10.0. The highest BCUT2D eigenvalue weighted by molar-refractivity contribution is 9.10. The summed E-state index contributed by atoms with van der Waals surface area (Å²) in [5.41, 5.74) is 11.7. The molecule has 11 nitrogen and oxygen atoms in total. The number of hydrogen-bond donors (Lipinski definition) is 0. The summed E-state index contributed by atoms with van der Waals surface area (Å²) in [5, 5.41) is 13.4. The molecule has 10 aromatic rings. The number of nitriles is 1. The van der Waals surface area contributed by atoms with Gasteiger partial charge in [-0.1, -0.05) is 226 Å². The van der Waals surface area contributed by atoms with Gasteiger partial charge >= 0.3 is 0 Å². The molecule has 19 heteroatoms. The van der Waals surface area contributed by atoms with Crippen LogP contribution in [0.15, 0.2) is 229 Å². The molecule has 0 bridgehead atoms. The van der Waals surface area contributed by atoms with Crippen molar-refractivity contribution in [1.82, 2.24) is 24.5 Å². The van der Waals surface area contributed by atoms with Crippen LogP contribution in [0.5, 0.6) is 28.7 Å². The minimum absolute atomic E-state index is 0. The van der Waals surface area contributed by atoms with E-state index in [9.17, 15) is 0 Å². The topological polar surface area (TPSA) is 86.1 Å². The number of rotatable bonds is 36. The molecule has 0 fully saturated rings. The molecule has 10 rings (SSSR count). The summed E-state index contributed by atoms with van der Waals surface area (Å²) in [6.07, 6.45) is 5.58. The zero-order valence-electron chi connectivity index (χ0n) is 69.3. The van der Waals surface area contributed by atoms with Gasteiger partial charge in [0.2, 0.25) is 0 Å². The van der Waals surface area contributed by atoms with Crippen molar-refractivity contribution < 1.29 is 23.7 Å². The van der Waals surface area contributed by atoms with Crippen LogP contribution in [0.25, 0.3) is 0 Å². The van der Waals surface area contributed by atoms with E-state index in [1.54, 1.807) is 12.1 Å². The van der Waals surface area contributed by atoms with Crippen molar-refractivity contribution in [2.75, 3.05) is 68.0 Å². The molecule has 0 aliphatic heterocycles. The molecule has 5 atom stereocenters. The monoisotopic (exact) mass is 1770 g/mol. The number of benzene rings is 10. The number of hydrogen-bond acceptors (Lipinski definition) is 11. The zero-order chi connectivity index (χ0) is 83.8.